The standard InChI is InChI=1S/4C5H5.2CH2.2ClH.2Hf/c4*1-2-4-5-3-1;;;;;;/h4*1-3H,4H2;2*1H2;2*1H;;. The second-order valence-electron chi connectivity index (χ2n) is 6.25. The molecule has 0 aliphatic heterocycles. The zero-order chi connectivity index (χ0) is 16.8. The van der Waals surface area contributed by atoms with Crippen LogP contribution in [0, 0.1) is 0 Å². The van der Waals surface area contributed by atoms with Crippen molar-refractivity contribution in [2.45, 2.75) is 25.7 Å². The Morgan fingerprint density at radius 3 is 0.885 bits per heavy atom. The Hall–Kier alpha value is -0.0197. The van der Waals surface area contributed by atoms with Crippen LogP contribution in [0.2, 0.25) is 0 Å². The normalized spacial score (nSPS) is 18.2. The molecule has 4 rings (SSSR count). The van der Waals surface area contributed by atoms with Gasteiger partial charge in [0.15, 0.2) is 0 Å². The van der Waals surface area contributed by atoms with E-state index in [0.717, 1.165) is 0 Å². The fourth-order valence-corrected chi connectivity index (χ4v) is 15.6. The molecule has 0 aromatic rings. The van der Waals surface area contributed by atoms with Crippen LogP contribution in [-0.2, 0) is 41.9 Å². The molecule has 0 amide bonds. The summed E-state index contributed by atoms with van der Waals surface area (Å²) in [4.78, 5) is 0. The molecule has 4 aliphatic carbocycles. The van der Waals surface area contributed by atoms with Crippen LogP contribution < -0.4 is 0 Å². The molecule has 0 fully saturated rings. The molecule has 0 N–H and O–H groups in total. The van der Waals surface area contributed by atoms with Crippen LogP contribution in [0.15, 0.2) is 86.2 Å². The van der Waals surface area contributed by atoms with Crippen LogP contribution in [0.5, 0.6) is 0 Å². The van der Waals surface area contributed by atoms with Crippen molar-refractivity contribution in [3.63, 3.8) is 0 Å². The summed E-state index contributed by atoms with van der Waals surface area (Å²) in [5.74, 6) is 0. The summed E-state index contributed by atoms with van der Waals surface area (Å²) in [6, 6.07) is 0. The van der Waals surface area contributed by atoms with E-state index in [9.17, 15) is 0 Å². The van der Waals surface area contributed by atoms with Crippen LogP contribution in [0.4, 0.5) is 0 Å². The quantitative estimate of drug-likeness (QED) is 0.300. The van der Waals surface area contributed by atoms with Crippen LogP contribution in [-0.4, -0.2) is 8.52 Å². The van der Waals surface area contributed by atoms with Crippen LogP contribution in [0.1, 0.15) is 25.7 Å². The van der Waals surface area contributed by atoms with Crippen molar-refractivity contribution < 1.29 is 41.9 Å². The zero-order valence-corrected chi connectivity index (χ0v) is 23.8. The van der Waals surface area contributed by atoms with Crippen LogP contribution in [0.25, 0.3) is 0 Å². The van der Waals surface area contributed by atoms with Gasteiger partial charge in [0, 0.05) is 0 Å². The Kier molecular flexibility index (Phi) is 11.5. The van der Waals surface area contributed by atoms with Gasteiger partial charge >= 0.3 is 162 Å². The van der Waals surface area contributed by atoms with Crippen molar-refractivity contribution in [1.29, 1.82) is 0 Å². The van der Waals surface area contributed by atoms with Gasteiger partial charge in [0.05, 0.1) is 0 Å². The molecule has 0 radical (unpaired) electrons. The summed E-state index contributed by atoms with van der Waals surface area (Å²) >= 11 is -3.37. The van der Waals surface area contributed by atoms with Crippen molar-refractivity contribution in [3.05, 3.63) is 86.2 Å². The van der Waals surface area contributed by atoms with Gasteiger partial charge in [-0.2, -0.15) is 0 Å². The average molecular weight is 718 g/mol. The fourth-order valence-electron chi connectivity index (χ4n) is 3.10. The van der Waals surface area contributed by atoms with Gasteiger partial charge in [0.25, 0.3) is 0 Å². The minimum atomic E-state index is -1.68. The van der Waals surface area contributed by atoms with Gasteiger partial charge in [0.2, 0.25) is 0 Å². The van der Waals surface area contributed by atoms with E-state index in [2.05, 4.69) is 81.4 Å². The molecule has 0 saturated carbocycles. The van der Waals surface area contributed by atoms with E-state index in [1.54, 1.807) is 13.3 Å². The molecule has 0 heterocycles. The first-order valence-electron chi connectivity index (χ1n) is 8.58. The number of hydrogen-bond donors (Lipinski definition) is 0. The number of hydrogen-bond acceptors (Lipinski definition) is 0. The van der Waals surface area contributed by atoms with E-state index in [0.29, 0.717) is 0 Å². The minimum absolute atomic E-state index is 0. The van der Waals surface area contributed by atoms with E-state index in [1.165, 1.54) is 25.7 Å². The molecule has 4 heteroatoms. The van der Waals surface area contributed by atoms with Gasteiger partial charge in [-0.3, -0.25) is 0 Å². The maximum atomic E-state index is 4.40. The number of allylic oxidation sites excluding steroid dienone is 16. The Bertz CT molecular complexity index is 668. The van der Waals surface area contributed by atoms with Gasteiger partial charge in [-0.15, -0.1) is 24.8 Å². The molecular weight excluding hydrogens is 692 g/mol. The zero-order valence-electron chi connectivity index (χ0n) is 15.0. The van der Waals surface area contributed by atoms with Crippen molar-refractivity contribution in [2.75, 3.05) is 0 Å². The van der Waals surface area contributed by atoms with Gasteiger partial charge in [0.1, 0.15) is 0 Å². The third kappa shape index (κ3) is 6.55. The molecule has 4 aliphatic rings. The molecule has 0 aromatic heterocycles. The summed E-state index contributed by atoms with van der Waals surface area (Å²) in [5, 5.41) is 0. The molecule has 0 aromatic carbocycles. The molecule has 0 spiro atoms. The summed E-state index contributed by atoms with van der Waals surface area (Å²) in [7, 11) is 0. The van der Waals surface area contributed by atoms with E-state index in [1.807, 2.05) is 0 Å². The first-order chi connectivity index (χ1) is 11.8. The van der Waals surface area contributed by atoms with E-state index in [4.69, 9.17) is 0 Å². The molecular formula is C22H26Cl2Hf2. The molecule has 26 heavy (non-hydrogen) atoms. The van der Waals surface area contributed by atoms with Crippen molar-refractivity contribution in [1.82, 2.24) is 0 Å². The first-order valence-corrected chi connectivity index (χ1v) is 20.8. The fraction of sp³-hybridized carbons (Fsp3) is 0.182. The molecule has 136 valence electrons. The van der Waals surface area contributed by atoms with Crippen LogP contribution >= 0.6 is 24.8 Å². The summed E-state index contributed by atoms with van der Waals surface area (Å²) < 4.78 is 15.4. The van der Waals surface area contributed by atoms with Gasteiger partial charge in [-0.05, 0) is 0 Å². The number of rotatable bonds is 4. The Labute approximate surface area is 185 Å². The summed E-state index contributed by atoms with van der Waals surface area (Å²) in [6.45, 7) is 0. The van der Waals surface area contributed by atoms with Crippen molar-refractivity contribution in [2.24, 2.45) is 0 Å². The Balaban J connectivity index is 0.000000241. The van der Waals surface area contributed by atoms with E-state index >= 15 is 0 Å². The summed E-state index contributed by atoms with van der Waals surface area (Å²) in [6.07, 6.45) is 31.6. The topological polar surface area (TPSA) is 0 Å². The molecule has 0 unspecified atom stereocenters. The third-order valence-electron chi connectivity index (χ3n) is 4.64. The monoisotopic (exact) mass is 720 g/mol. The van der Waals surface area contributed by atoms with E-state index < -0.39 is 41.9 Å². The second-order valence-corrected chi connectivity index (χ2v) is 22.4. The van der Waals surface area contributed by atoms with Crippen molar-refractivity contribution >= 4 is 33.3 Å². The summed E-state index contributed by atoms with van der Waals surface area (Å²) in [5.41, 5.74) is 0. The van der Waals surface area contributed by atoms with Gasteiger partial charge in [-0.25, -0.2) is 0 Å². The number of halogens is 2. The third-order valence-corrected chi connectivity index (χ3v) is 21.1. The Morgan fingerprint density at radius 2 is 0.731 bits per heavy atom. The predicted octanol–water partition coefficient (Wildman–Crippen LogP) is 6.29. The first kappa shape index (κ1) is 24.0. The molecule has 0 atom stereocenters. The molecule has 0 nitrogen and oxygen atoms in total. The van der Waals surface area contributed by atoms with Gasteiger partial charge < -0.3 is 0 Å². The predicted molar refractivity (Wildman–Crippen MR) is 116 cm³/mol. The van der Waals surface area contributed by atoms with Crippen molar-refractivity contribution in [3.8, 4) is 0 Å². The Morgan fingerprint density at radius 1 is 0.500 bits per heavy atom. The average Bonchev–Trinajstić information content (AvgIpc) is 3.43. The van der Waals surface area contributed by atoms with Crippen LogP contribution in [0.3, 0.4) is 0 Å². The molecule has 0 bridgehead atoms. The SMILES string of the molecule is Cl.Cl.[CH2]=[Hf]([C]1=CC=CC1)[C]1=CC=CC1.[CH2]=[Hf]([C]1=CC=CC1)[C]1=CC=CC1. The maximum absolute atomic E-state index is 4.40. The van der Waals surface area contributed by atoms with Gasteiger partial charge in [-0.1, -0.05) is 0 Å². The molecule has 0 saturated heterocycles. The second kappa shape index (κ2) is 12.4. The van der Waals surface area contributed by atoms with E-state index in [-0.39, 0.29) is 24.8 Å².